The number of hydrogen-bond acceptors (Lipinski definition) is 5. The van der Waals surface area contributed by atoms with Crippen molar-refractivity contribution in [3.63, 3.8) is 0 Å². The van der Waals surface area contributed by atoms with E-state index in [2.05, 4.69) is 4.72 Å². The molecule has 0 saturated carbocycles. The largest absolute Gasteiger partial charge is 0.506 e. The van der Waals surface area contributed by atoms with E-state index in [1.807, 2.05) is 0 Å². The second-order valence-corrected chi connectivity index (χ2v) is 9.62. The fourth-order valence-corrected chi connectivity index (χ4v) is 2.53. The van der Waals surface area contributed by atoms with Crippen LogP contribution in [0.4, 0.5) is 5.69 Å². The molecule has 1 aromatic carbocycles. The van der Waals surface area contributed by atoms with Gasteiger partial charge >= 0.3 is 0 Å². The fraction of sp³-hybridized carbons (Fsp3) is 0.455. The number of rotatable bonds is 3. The molecule has 0 saturated heterocycles. The van der Waals surface area contributed by atoms with Crippen LogP contribution in [0, 0.1) is 0 Å². The Balaban J connectivity index is 3.31. The summed E-state index contributed by atoms with van der Waals surface area (Å²) in [6.45, 7) is 4.48. The maximum Gasteiger partial charge on any atom is 0.237 e. The van der Waals surface area contributed by atoms with E-state index in [-0.39, 0.29) is 16.3 Å². The Kier molecular flexibility index (Phi) is 3.88. The zero-order chi connectivity index (χ0) is 15.1. The SMILES string of the molecule is CC(C)(C)S(=O)(=O)Nc1cc(S(C)(=O)=O)ccc1O. The van der Waals surface area contributed by atoms with Gasteiger partial charge in [-0.2, -0.15) is 0 Å². The quantitative estimate of drug-likeness (QED) is 0.821. The monoisotopic (exact) mass is 307 g/mol. The van der Waals surface area contributed by atoms with Crippen LogP contribution in [0.2, 0.25) is 0 Å². The topological polar surface area (TPSA) is 101 Å². The Bertz CT molecular complexity index is 684. The molecule has 0 bridgehead atoms. The van der Waals surface area contributed by atoms with Crippen LogP contribution in [0.15, 0.2) is 23.1 Å². The molecule has 0 heterocycles. The summed E-state index contributed by atoms with van der Waals surface area (Å²) in [5.41, 5.74) is -0.155. The first-order valence-corrected chi connectivity index (χ1v) is 8.77. The molecule has 0 fully saturated rings. The van der Waals surface area contributed by atoms with Gasteiger partial charge in [0.1, 0.15) is 5.75 Å². The van der Waals surface area contributed by atoms with Crippen LogP contribution in [0.3, 0.4) is 0 Å². The molecule has 0 radical (unpaired) electrons. The van der Waals surface area contributed by atoms with Crippen LogP contribution in [-0.2, 0) is 19.9 Å². The standard InChI is InChI=1S/C11H17NO5S2/c1-11(2,3)19(16,17)12-9-7-8(18(4,14)15)5-6-10(9)13/h5-7,12-13H,1-4H3. The van der Waals surface area contributed by atoms with Crippen molar-refractivity contribution >= 4 is 25.5 Å². The van der Waals surface area contributed by atoms with E-state index in [0.717, 1.165) is 18.4 Å². The maximum atomic E-state index is 12.0. The molecule has 1 rings (SSSR count). The van der Waals surface area contributed by atoms with Gasteiger partial charge in [0, 0.05) is 6.26 Å². The second kappa shape index (κ2) is 4.68. The van der Waals surface area contributed by atoms with Crippen molar-refractivity contribution in [2.45, 2.75) is 30.4 Å². The molecule has 0 aliphatic heterocycles. The van der Waals surface area contributed by atoms with Crippen molar-refractivity contribution in [1.82, 2.24) is 0 Å². The van der Waals surface area contributed by atoms with Crippen molar-refractivity contribution in [2.75, 3.05) is 11.0 Å². The summed E-state index contributed by atoms with van der Waals surface area (Å²) in [7, 11) is -7.22. The molecule has 0 unspecified atom stereocenters. The average molecular weight is 307 g/mol. The number of anilines is 1. The van der Waals surface area contributed by atoms with E-state index in [0.29, 0.717) is 0 Å². The molecular weight excluding hydrogens is 290 g/mol. The van der Waals surface area contributed by atoms with Crippen LogP contribution in [0.5, 0.6) is 5.75 Å². The molecule has 0 aromatic heterocycles. The predicted octanol–water partition coefficient (Wildman–Crippen LogP) is 1.34. The van der Waals surface area contributed by atoms with Gasteiger partial charge in [-0.05, 0) is 39.0 Å². The van der Waals surface area contributed by atoms with Crippen LogP contribution in [0.25, 0.3) is 0 Å². The Morgan fingerprint density at radius 3 is 2.05 bits per heavy atom. The third kappa shape index (κ3) is 3.60. The van der Waals surface area contributed by atoms with Crippen molar-refractivity contribution in [3.05, 3.63) is 18.2 Å². The Morgan fingerprint density at radius 2 is 1.63 bits per heavy atom. The van der Waals surface area contributed by atoms with Crippen molar-refractivity contribution in [3.8, 4) is 5.75 Å². The Labute approximate surface area is 113 Å². The molecule has 0 aliphatic rings. The highest BCUT2D eigenvalue weighted by Gasteiger charge is 2.29. The van der Waals surface area contributed by atoms with Gasteiger partial charge in [0.05, 0.1) is 15.3 Å². The number of sulfonamides is 1. The highest BCUT2D eigenvalue weighted by Crippen LogP contribution is 2.29. The third-order valence-corrected chi connectivity index (χ3v) is 5.66. The number of phenolic OH excluding ortho intramolecular Hbond substituents is 1. The second-order valence-electron chi connectivity index (χ2n) is 5.17. The van der Waals surface area contributed by atoms with E-state index >= 15 is 0 Å². The molecule has 2 N–H and O–H groups in total. The number of sulfone groups is 1. The molecule has 8 heteroatoms. The van der Waals surface area contributed by atoms with Gasteiger partial charge in [-0.1, -0.05) is 0 Å². The maximum absolute atomic E-state index is 12.0. The highest BCUT2D eigenvalue weighted by atomic mass is 32.2. The summed E-state index contributed by atoms with van der Waals surface area (Å²) < 4.78 is 47.8. The predicted molar refractivity (Wildman–Crippen MR) is 73.5 cm³/mol. The van der Waals surface area contributed by atoms with Crippen LogP contribution >= 0.6 is 0 Å². The zero-order valence-corrected chi connectivity index (χ0v) is 12.8. The normalized spacial score (nSPS) is 13.3. The van der Waals surface area contributed by atoms with E-state index in [1.165, 1.54) is 26.8 Å². The molecule has 6 nitrogen and oxygen atoms in total. The Morgan fingerprint density at radius 1 is 1.11 bits per heavy atom. The lowest BCUT2D eigenvalue weighted by atomic mass is 10.3. The molecule has 0 atom stereocenters. The third-order valence-electron chi connectivity index (χ3n) is 2.45. The molecule has 0 amide bonds. The minimum atomic E-state index is -3.74. The Hall–Kier alpha value is -1.28. The van der Waals surface area contributed by atoms with Gasteiger partial charge in [0.2, 0.25) is 10.0 Å². The van der Waals surface area contributed by atoms with E-state index in [4.69, 9.17) is 0 Å². The van der Waals surface area contributed by atoms with Crippen LogP contribution in [-0.4, -0.2) is 32.9 Å². The fourth-order valence-electron chi connectivity index (χ4n) is 1.13. The first-order chi connectivity index (χ1) is 8.34. The molecule has 19 heavy (non-hydrogen) atoms. The van der Waals surface area contributed by atoms with Crippen molar-refractivity contribution in [1.29, 1.82) is 0 Å². The van der Waals surface area contributed by atoms with E-state index < -0.39 is 24.6 Å². The summed E-state index contributed by atoms with van der Waals surface area (Å²) >= 11 is 0. The van der Waals surface area contributed by atoms with E-state index in [9.17, 15) is 21.9 Å². The number of hydrogen-bond donors (Lipinski definition) is 2. The number of phenols is 1. The molecule has 1 aromatic rings. The first-order valence-electron chi connectivity index (χ1n) is 5.40. The molecular formula is C11H17NO5S2. The van der Waals surface area contributed by atoms with Gasteiger partial charge < -0.3 is 5.11 Å². The summed E-state index contributed by atoms with van der Waals surface area (Å²) in [6, 6.07) is 3.43. The van der Waals surface area contributed by atoms with Gasteiger partial charge in [-0.15, -0.1) is 0 Å². The minimum absolute atomic E-state index is 0.0723. The van der Waals surface area contributed by atoms with Crippen LogP contribution in [0.1, 0.15) is 20.8 Å². The van der Waals surface area contributed by atoms with Gasteiger partial charge in [0.15, 0.2) is 9.84 Å². The smallest absolute Gasteiger partial charge is 0.237 e. The lowest BCUT2D eigenvalue weighted by molar-refractivity contribution is 0.477. The van der Waals surface area contributed by atoms with Gasteiger partial charge in [0.25, 0.3) is 0 Å². The number of nitrogens with one attached hydrogen (secondary N) is 1. The summed E-state index contributed by atoms with van der Waals surface area (Å²) in [6.07, 6.45) is 1.00. The first kappa shape index (κ1) is 15.8. The summed E-state index contributed by atoms with van der Waals surface area (Å²) in [4.78, 5) is -0.0723. The van der Waals surface area contributed by atoms with Crippen molar-refractivity contribution in [2.24, 2.45) is 0 Å². The molecule has 0 aliphatic carbocycles. The summed E-state index contributed by atoms with van der Waals surface area (Å²) in [5, 5.41) is 9.61. The summed E-state index contributed by atoms with van der Waals surface area (Å²) in [5.74, 6) is -0.333. The molecule has 108 valence electrons. The van der Waals surface area contributed by atoms with Crippen LogP contribution < -0.4 is 4.72 Å². The molecule has 0 spiro atoms. The minimum Gasteiger partial charge on any atom is -0.506 e. The van der Waals surface area contributed by atoms with E-state index in [1.54, 1.807) is 0 Å². The zero-order valence-electron chi connectivity index (χ0n) is 11.1. The van der Waals surface area contributed by atoms with Gasteiger partial charge in [-0.25, -0.2) is 16.8 Å². The lowest BCUT2D eigenvalue weighted by Crippen LogP contribution is -2.33. The highest BCUT2D eigenvalue weighted by molar-refractivity contribution is 7.94. The average Bonchev–Trinajstić information content (AvgIpc) is 2.17. The lowest BCUT2D eigenvalue weighted by Gasteiger charge is -2.21. The van der Waals surface area contributed by atoms with Crippen molar-refractivity contribution < 1.29 is 21.9 Å². The van der Waals surface area contributed by atoms with Gasteiger partial charge in [-0.3, -0.25) is 4.72 Å². The number of aromatic hydroxyl groups is 1. The number of benzene rings is 1.